The molecule has 2 rings (SSSR count). The lowest BCUT2D eigenvalue weighted by Gasteiger charge is -2.12. The van der Waals surface area contributed by atoms with Crippen molar-refractivity contribution in [3.05, 3.63) is 53.0 Å². The van der Waals surface area contributed by atoms with Crippen LogP contribution in [0.5, 0.6) is 0 Å². The van der Waals surface area contributed by atoms with Crippen LogP contribution < -0.4 is 4.90 Å². The molecule has 0 aromatic heterocycles. The minimum absolute atomic E-state index is 1.11. The Morgan fingerprint density at radius 2 is 1.56 bits per heavy atom. The van der Waals surface area contributed by atoms with Crippen molar-refractivity contribution in [1.82, 2.24) is 0 Å². The molecule has 0 fully saturated rings. The van der Waals surface area contributed by atoms with Crippen molar-refractivity contribution in [2.75, 3.05) is 19.0 Å². The van der Waals surface area contributed by atoms with E-state index in [1.807, 2.05) is 20.2 Å². The Hall–Kier alpha value is -1.28. The Bertz CT molecular complexity index is 474. The lowest BCUT2D eigenvalue weighted by molar-refractivity contribution is 1.13. The quantitative estimate of drug-likeness (QED) is 0.795. The second kappa shape index (κ2) is 4.71. The van der Waals surface area contributed by atoms with Crippen molar-refractivity contribution >= 4 is 21.6 Å². The molecule has 0 saturated carbocycles. The van der Waals surface area contributed by atoms with Crippen molar-refractivity contribution in [3.8, 4) is 11.1 Å². The summed E-state index contributed by atoms with van der Waals surface area (Å²) in [6.45, 7) is 0. The minimum atomic E-state index is 1.11. The standard InChI is InChI=1S/C14H14BrN/c1-16(2)14-8-6-11(7-9-14)12-4-3-5-13(15)10-12/h3-10H,1-2H3. The van der Waals surface area contributed by atoms with Crippen LogP contribution >= 0.6 is 15.9 Å². The number of anilines is 1. The summed E-state index contributed by atoms with van der Waals surface area (Å²) in [7, 11) is 4.10. The Morgan fingerprint density at radius 1 is 0.875 bits per heavy atom. The zero-order chi connectivity index (χ0) is 11.5. The minimum Gasteiger partial charge on any atom is -0.378 e. The third kappa shape index (κ3) is 2.45. The highest BCUT2D eigenvalue weighted by atomic mass is 79.9. The Labute approximate surface area is 105 Å². The Kier molecular flexibility index (Phi) is 3.30. The normalized spacial score (nSPS) is 10.2. The van der Waals surface area contributed by atoms with Gasteiger partial charge in [0.15, 0.2) is 0 Å². The molecule has 0 atom stereocenters. The van der Waals surface area contributed by atoms with Crippen LogP contribution in [0.4, 0.5) is 5.69 Å². The van der Waals surface area contributed by atoms with Gasteiger partial charge < -0.3 is 4.90 Å². The molecule has 16 heavy (non-hydrogen) atoms. The first-order valence-corrected chi connectivity index (χ1v) is 5.99. The molecule has 0 aliphatic rings. The Morgan fingerprint density at radius 3 is 2.12 bits per heavy atom. The number of hydrogen-bond acceptors (Lipinski definition) is 1. The highest BCUT2D eigenvalue weighted by molar-refractivity contribution is 9.10. The summed E-state index contributed by atoms with van der Waals surface area (Å²) < 4.78 is 1.11. The summed E-state index contributed by atoms with van der Waals surface area (Å²) in [5.41, 5.74) is 3.70. The SMILES string of the molecule is CN(C)c1ccc(-c2cccc(Br)c2)cc1. The van der Waals surface area contributed by atoms with E-state index in [9.17, 15) is 0 Å². The van der Waals surface area contributed by atoms with Gasteiger partial charge in [-0.25, -0.2) is 0 Å². The van der Waals surface area contributed by atoms with E-state index in [-0.39, 0.29) is 0 Å². The van der Waals surface area contributed by atoms with Gasteiger partial charge in [0.2, 0.25) is 0 Å². The molecule has 2 aromatic rings. The molecular formula is C14H14BrN. The number of halogens is 1. The Balaban J connectivity index is 2.35. The molecule has 82 valence electrons. The molecule has 0 N–H and O–H groups in total. The number of hydrogen-bond donors (Lipinski definition) is 0. The number of benzene rings is 2. The van der Waals surface area contributed by atoms with Crippen molar-refractivity contribution in [2.24, 2.45) is 0 Å². The molecule has 2 aromatic carbocycles. The van der Waals surface area contributed by atoms with Gasteiger partial charge in [-0.15, -0.1) is 0 Å². The second-order valence-electron chi connectivity index (χ2n) is 3.95. The molecular weight excluding hydrogens is 262 g/mol. The van der Waals surface area contributed by atoms with Gasteiger partial charge in [0.05, 0.1) is 0 Å². The lowest BCUT2D eigenvalue weighted by atomic mass is 10.1. The van der Waals surface area contributed by atoms with Gasteiger partial charge in [0.1, 0.15) is 0 Å². The van der Waals surface area contributed by atoms with Gasteiger partial charge in [-0.3, -0.25) is 0 Å². The number of nitrogens with zero attached hydrogens (tertiary/aromatic N) is 1. The lowest BCUT2D eigenvalue weighted by Crippen LogP contribution is -2.07. The molecule has 0 aliphatic heterocycles. The van der Waals surface area contributed by atoms with Crippen LogP contribution in [0.25, 0.3) is 11.1 Å². The summed E-state index contributed by atoms with van der Waals surface area (Å²) in [6.07, 6.45) is 0. The fraction of sp³-hybridized carbons (Fsp3) is 0.143. The van der Waals surface area contributed by atoms with Crippen molar-refractivity contribution < 1.29 is 0 Å². The number of rotatable bonds is 2. The van der Waals surface area contributed by atoms with Gasteiger partial charge in [-0.05, 0) is 35.4 Å². The van der Waals surface area contributed by atoms with Crippen molar-refractivity contribution in [3.63, 3.8) is 0 Å². The molecule has 0 bridgehead atoms. The van der Waals surface area contributed by atoms with Crippen LogP contribution in [0.2, 0.25) is 0 Å². The average molecular weight is 276 g/mol. The van der Waals surface area contributed by atoms with Crippen LogP contribution in [-0.4, -0.2) is 14.1 Å². The predicted octanol–water partition coefficient (Wildman–Crippen LogP) is 4.18. The van der Waals surface area contributed by atoms with Gasteiger partial charge in [-0.1, -0.05) is 40.2 Å². The zero-order valence-electron chi connectivity index (χ0n) is 9.44. The zero-order valence-corrected chi connectivity index (χ0v) is 11.0. The van der Waals surface area contributed by atoms with Crippen LogP contribution in [0.3, 0.4) is 0 Å². The largest absolute Gasteiger partial charge is 0.378 e. The van der Waals surface area contributed by atoms with Crippen LogP contribution in [0.15, 0.2) is 53.0 Å². The summed E-state index contributed by atoms with van der Waals surface area (Å²) >= 11 is 3.49. The molecule has 0 saturated heterocycles. The van der Waals surface area contributed by atoms with E-state index in [1.54, 1.807) is 0 Å². The van der Waals surface area contributed by atoms with Crippen LogP contribution in [0, 0.1) is 0 Å². The monoisotopic (exact) mass is 275 g/mol. The predicted molar refractivity (Wildman–Crippen MR) is 73.9 cm³/mol. The van der Waals surface area contributed by atoms with Crippen molar-refractivity contribution in [1.29, 1.82) is 0 Å². The molecule has 0 amide bonds. The van der Waals surface area contributed by atoms with Gasteiger partial charge in [0, 0.05) is 24.3 Å². The second-order valence-corrected chi connectivity index (χ2v) is 4.87. The summed E-state index contributed by atoms with van der Waals surface area (Å²) in [4.78, 5) is 2.10. The van der Waals surface area contributed by atoms with Crippen LogP contribution in [0.1, 0.15) is 0 Å². The topological polar surface area (TPSA) is 3.24 Å². The molecule has 0 aliphatic carbocycles. The molecule has 0 spiro atoms. The van der Waals surface area contributed by atoms with Crippen LogP contribution in [-0.2, 0) is 0 Å². The van der Waals surface area contributed by atoms with E-state index in [4.69, 9.17) is 0 Å². The molecule has 1 nitrogen and oxygen atoms in total. The first-order valence-electron chi connectivity index (χ1n) is 5.20. The average Bonchev–Trinajstić information content (AvgIpc) is 2.29. The maximum absolute atomic E-state index is 3.49. The fourth-order valence-corrected chi connectivity index (χ4v) is 2.02. The summed E-state index contributed by atoms with van der Waals surface area (Å²) in [5, 5.41) is 0. The van der Waals surface area contributed by atoms with E-state index in [0.29, 0.717) is 0 Å². The first kappa shape index (κ1) is 11.2. The van der Waals surface area contributed by atoms with Gasteiger partial charge in [0.25, 0.3) is 0 Å². The highest BCUT2D eigenvalue weighted by Gasteiger charge is 1.99. The molecule has 0 radical (unpaired) electrons. The third-order valence-corrected chi connectivity index (χ3v) is 3.03. The van der Waals surface area contributed by atoms with Gasteiger partial charge in [-0.2, -0.15) is 0 Å². The maximum atomic E-state index is 3.49. The van der Waals surface area contributed by atoms with Crippen molar-refractivity contribution in [2.45, 2.75) is 0 Å². The summed E-state index contributed by atoms with van der Waals surface area (Å²) in [5.74, 6) is 0. The molecule has 2 heteroatoms. The van der Waals surface area contributed by atoms with E-state index in [2.05, 4.69) is 63.3 Å². The van der Waals surface area contributed by atoms with Gasteiger partial charge >= 0.3 is 0 Å². The van der Waals surface area contributed by atoms with E-state index in [1.165, 1.54) is 16.8 Å². The maximum Gasteiger partial charge on any atom is 0.0361 e. The first-order chi connectivity index (χ1) is 7.66. The molecule has 0 heterocycles. The highest BCUT2D eigenvalue weighted by Crippen LogP contribution is 2.24. The third-order valence-electron chi connectivity index (χ3n) is 2.54. The van der Waals surface area contributed by atoms with E-state index < -0.39 is 0 Å². The van der Waals surface area contributed by atoms with E-state index in [0.717, 1.165) is 4.47 Å². The fourth-order valence-electron chi connectivity index (χ4n) is 1.62. The smallest absolute Gasteiger partial charge is 0.0361 e. The summed E-state index contributed by atoms with van der Waals surface area (Å²) in [6, 6.07) is 16.9. The van der Waals surface area contributed by atoms with E-state index >= 15 is 0 Å². The molecule has 0 unspecified atom stereocenters.